The summed E-state index contributed by atoms with van der Waals surface area (Å²) in [4.78, 5) is 17.1. The zero-order valence-electron chi connectivity index (χ0n) is 20.7. The van der Waals surface area contributed by atoms with E-state index in [-0.39, 0.29) is 19.0 Å². The fraction of sp³-hybridized carbons (Fsp3) is 0.385. The van der Waals surface area contributed by atoms with Gasteiger partial charge in [-0.2, -0.15) is 0 Å². The molecule has 3 aromatic rings. The van der Waals surface area contributed by atoms with Crippen LogP contribution in [0.25, 0.3) is 10.9 Å². The molecule has 1 aromatic heterocycles. The van der Waals surface area contributed by atoms with E-state index in [4.69, 9.17) is 23.9 Å². The number of aromatic nitrogens is 1. The minimum absolute atomic E-state index is 0.0515. The van der Waals surface area contributed by atoms with E-state index in [2.05, 4.69) is 4.74 Å². The van der Waals surface area contributed by atoms with Crippen LogP contribution < -0.4 is 14.2 Å². The summed E-state index contributed by atoms with van der Waals surface area (Å²) in [6, 6.07) is 6.90. The molecule has 194 valence electrons. The van der Waals surface area contributed by atoms with Crippen molar-refractivity contribution in [1.29, 1.82) is 0 Å². The van der Waals surface area contributed by atoms with Crippen molar-refractivity contribution >= 4 is 17.1 Å². The van der Waals surface area contributed by atoms with Gasteiger partial charge in [-0.25, -0.2) is 4.79 Å². The molecular weight excluding hydrogens is 479 g/mol. The fourth-order valence-electron chi connectivity index (χ4n) is 3.76. The predicted molar refractivity (Wildman–Crippen MR) is 127 cm³/mol. The Morgan fingerprint density at radius 3 is 2.22 bits per heavy atom. The zero-order valence-corrected chi connectivity index (χ0v) is 20.7. The number of halogens is 3. The number of pyridine rings is 1. The third-order valence-corrected chi connectivity index (χ3v) is 5.39. The largest absolute Gasteiger partial charge is 0.573 e. The molecule has 7 nitrogen and oxygen atoms in total. The summed E-state index contributed by atoms with van der Waals surface area (Å²) in [5.74, 6) is 0.733. The lowest BCUT2D eigenvalue weighted by Crippen LogP contribution is -2.16. The van der Waals surface area contributed by atoms with E-state index < -0.39 is 12.5 Å². The SMILES string of the molecule is CCOCCOC(=O)Oc1c(C)c(CC)nc2cc(C)c(Oc3ccc(OC(F)(F)F)cc3)c(C)c12. The number of benzene rings is 2. The topological polar surface area (TPSA) is 76.1 Å². The van der Waals surface area contributed by atoms with Gasteiger partial charge in [0, 0.05) is 23.4 Å². The molecular formula is C26H28F3NO6. The van der Waals surface area contributed by atoms with Crippen LogP contribution >= 0.6 is 0 Å². The van der Waals surface area contributed by atoms with E-state index in [1.807, 2.05) is 33.8 Å². The molecule has 0 radical (unpaired) electrons. The second-order valence-electron chi connectivity index (χ2n) is 7.93. The number of carbonyl (C=O) groups excluding carboxylic acids is 1. The number of nitrogens with zero attached hydrogens (tertiary/aromatic N) is 1. The van der Waals surface area contributed by atoms with Gasteiger partial charge in [0.15, 0.2) is 0 Å². The summed E-state index contributed by atoms with van der Waals surface area (Å²) < 4.78 is 63.2. The summed E-state index contributed by atoms with van der Waals surface area (Å²) in [6.07, 6.45) is -5.02. The van der Waals surface area contributed by atoms with Crippen molar-refractivity contribution in [3.8, 4) is 23.0 Å². The molecule has 0 aliphatic carbocycles. The Morgan fingerprint density at radius 1 is 0.944 bits per heavy atom. The quantitative estimate of drug-likeness (QED) is 0.229. The van der Waals surface area contributed by atoms with Crippen LogP contribution in [0.1, 0.15) is 36.2 Å². The number of carbonyl (C=O) groups is 1. The number of aryl methyl sites for hydroxylation is 3. The molecule has 2 aromatic carbocycles. The molecule has 0 atom stereocenters. The van der Waals surface area contributed by atoms with Gasteiger partial charge in [-0.15, -0.1) is 13.2 Å². The molecule has 3 rings (SSSR count). The Balaban J connectivity index is 1.98. The minimum Gasteiger partial charge on any atom is -0.457 e. The third kappa shape index (κ3) is 6.57. The summed E-state index contributed by atoms with van der Waals surface area (Å²) >= 11 is 0. The van der Waals surface area contributed by atoms with Gasteiger partial charge >= 0.3 is 12.5 Å². The van der Waals surface area contributed by atoms with Gasteiger partial charge in [0.25, 0.3) is 0 Å². The second kappa shape index (κ2) is 11.5. The van der Waals surface area contributed by atoms with Gasteiger partial charge in [-0.1, -0.05) is 6.92 Å². The van der Waals surface area contributed by atoms with Crippen LogP contribution in [0.2, 0.25) is 0 Å². The molecule has 0 bridgehead atoms. The van der Waals surface area contributed by atoms with Crippen LogP contribution in [-0.2, 0) is 15.9 Å². The van der Waals surface area contributed by atoms with Gasteiger partial charge in [0.1, 0.15) is 29.6 Å². The number of hydrogen-bond donors (Lipinski definition) is 0. The van der Waals surface area contributed by atoms with Crippen molar-refractivity contribution in [1.82, 2.24) is 4.98 Å². The Labute approximate surface area is 207 Å². The lowest BCUT2D eigenvalue weighted by atomic mass is 9.99. The maximum Gasteiger partial charge on any atom is 0.573 e. The highest BCUT2D eigenvalue weighted by atomic mass is 19.4. The third-order valence-electron chi connectivity index (χ3n) is 5.39. The molecule has 0 aliphatic rings. The van der Waals surface area contributed by atoms with Gasteiger partial charge in [0.05, 0.1) is 17.5 Å². The van der Waals surface area contributed by atoms with Crippen LogP contribution in [0.15, 0.2) is 30.3 Å². The van der Waals surface area contributed by atoms with Crippen LogP contribution in [0.5, 0.6) is 23.0 Å². The number of ether oxygens (including phenoxy) is 5. The van der Waals surface area contributed by atoms with E-state index in [1.165, 1.54) is 24.3 Å². The van der Waals surface area contributed by atoms with Crippen LogP contribution in [-0.4, -0.2) is 37.3 Å². The first-order chi connectivity index (χ1) is 17.0. The minimum atomic E-state index is -4.78. The smallest absolute Gasteiger partial charge is 0.457 e. The summed E-state index contributed by atoms with van der Waals surface area (Å²) in [5, 5.41) is 0.573. The predicted octanol–water partition coefficient (Wildman–Crippen LogP) is 6.97. The highest BCUT2D eigenvalue weighted by Crippen LogP contribution is 2.41. The molecule has 1 heterocycles. The summed E-state index contributed by atoms with van der Waals surface area (Å²) in [6.45, 7) is 10.0. The van der Waals surface area contributed by atoms with Crippen molar-refractivity contribution in [2.24, 2.45) is 0 Å². The van der Waals surface area contributed by atoms with Crippen molar-refractivity contribution in [2.75, 3.05) is 19.8 Å². The summed E-state index contributed by atoms with van der Waals surface area (Å²) in [7, 11) is 0. The molecule has 0 unspecified atom stereocenters. The van der Waals surface area contributed by atoms with E-state index in [0.29, 0.717) is 52.3 Å². The number of hydrogen-bond acceptors (Lipinski definition) is 7. The maximum atomic E-state index is 12.5. The fourth-order valence-corrected chi connectivity index (χ4v) is 3.76. The first-order valence-corrected chi connectivity index (χ1v) is 11.4. The standard InChI is InChI=1S/C26H28F3NO6/c1-6-20-16(4)24(35-25(31)33-13-12-32-7-2)22-17(5)23(15(3)14-21(22)30-20)34-18-8-10-19(11-9-18)36-26(27,28)29/h8-11,14H,6-7,12-13H2,1-5H3. The number of fused-ring (bicyclic) bond motifs is 1. The lowest BCUT2D eigenvalue weighted by molar-refractivity contribution is -0.274. The zero-order chi connectivity index (χ0) is 26.5. The van der Waals surface area contributed by atoms with Gasteiger partial charge in [-0.05, 0) is 70.0 Å². The molecule has 0 N–H and O–H groups in total. The van der Waals surface area contributed by atoms with Crippen molar-refractivity contribution in [3.63, 3.8) is 0 Å². The molecule has 36 heavy (non-hydrogen) atoms. The van der Waals surface area contributed by atoms with E-state index in [1.54, 1.807) is 6.92 Å². The molecule has 0 aliphatic heterocycles. The van der Waals surface area contributed by atoms with Crippen LogP contribution in [0, 0.1) is 20.8 Å². The molecule has 0 saturated heterocycles. The number of alkyl halides is 3. The first-order valence-electron chi connectivity index (χ1n) is 11.4. The lowest BCUT2D eigenvalue weighted by Gasteiger charge is -2.19. The van der Waals surface area contributed by atoms with Crippen molar-refractivity contribution in [2.45, 2.75) is 47.4 Å². The molecule has 0 spiro atoms. The van der Waals surface area contributed by atoms with Gasteiger partial charge in [0.2, 0.25) is 0 Å². The van der Waals surface area contributed by atoms with Crippen molar-refractivity contribution < 1.29 is 41.7 Å². The average Bonchev–Trinajstić information content (AvgIpc) is 2.81. The second-order valence-corrected chi connectivity index (χ2v) is 7.93. The van der Waals surface area contributed by atoms with Crippen LogP contribution in [0.4, 0.5) is 18.0 Å². The molecule has 0 amide bonds. The Kier molecular flexibility index (Phi) is 8.62. The van der Waals surface area contributed by atoms with E-state index in [9.17, 15) is 18.0 Å². The molecule has 0 fully saturated rings. The molecule has 0 saturated carbocycles. The van der Waals surface area contributed by atoms with Crippen molar-refractivity contribution in [3.05, 3.63) is 52.7 Å². The Hall–Kier alpha value is -3.53. The Bertz CT molecular complexity index is 1230. The Morgan fingerprint density at radius 2 is 1.61 bits per heavy atom. The number of rotatable bonds is 9. The maximum absolute atomic E-state index is 12.5. The summed E-state index contributed by atoms with van der Waals surface area (Å²) in [5.41, 5.74) is 3.48. The van der Waals surface area contributed by atoms with E-state index in [0.717, 1.165) is 11.3 Å². The first kappa shape index (κ1) is 27.1. The molecule has 10 heteroatoms. The monoisotopic (exact) mass is 507 g/mol. The highest BCUT2D eigenvalue weighted by Gasteiger charge is 2.31. The normalized spacial score (nSPS) is 11.4. The highest BCUT2D eigenvalue weighted by molar-refractivity contribution is 5.94. The average molecular weight is 508 g/mol. The van der Waals surface area contributed by atoms with Gasteiger partial charge < -0.3 is 23.7 Å². The van der Waals surface area contributed by atoms with Crippen LogP contribution in [0.3, 0.4) is 0 Å². The van der Waals surface area contributed by atoms with E-state index >= 15 is 0 Å². The van der Waals surface area contributed by atoms with Gasteiger partial charge in [-0.3, -0.25) is 4.98 Å².